The first-order valence-corrected chi connectivity index (χ1v) is 42.2. The van der Waals surface area contributed by atoms with Crippen molar-refractivity contribution in [2.45, 2.75) is 297 Å². The van der Waals surface area contributed by atoms with Gasteiger partial charge in [0, 0.05) is 49.4 Å². The summed E-state index contributed by atoms with van der Waals surface area (Å²) in [5.41, 5.74) is 14.1. The number of nitrogens with two attached hydrogens (primary N) is 1. The summed E-state index contributed by atoms with van der Waals surface area (Å²) in [6.07, 6.45) is 4.90. The number of carbonyl (C=O) groups excluding carboxylic acids is 13. The van der Waals surface area contributed by atoms with Crippen LogP contribution >= 0.6 is 0 Å². The number of benzene rings is 2. The standard InChI is InChI=1S/C82H128N18O21S/c1-21-40-100(46-62(103)87-45-63(104)105)76(114)52(8)91-72(110)58(41-54-32-25-23-26-33-54)95-75(113)66(53(9)118-79(10,11)12)97-73(111)59(42-64(106)119-80(13,14)15)93-61(102)44-88-70(108)56(35-31-38-85-77(83)98-122(116,117)68-49(5)48(4)67-55(50(68)6)43-82(19,20)120-67)94-74(112)65(47(3)22-2)96-69(107)51(7)90-71(109)57(92-60(101)36-27-24-29-39-89-99-84)34-28-30-37-86-78(115)121-81(16,17)18/h1,23,25-26,32-33,47,51-53,56-59,65-66H,22,24,27-31,34-46H2,2-20H3,(H,86,115)(H,87,103)(H,88,108)(H,90,109)(H,91,110)(H,92,101)(H,93,102)(H,94,112)(H,95,113)(H,96,107)(H,97,111)(H,104,105)(H3,83,85,98)/t47-,51-,52-,53+,56-,57-,58-,59-,65-,66-/m0/s1. The van der Waals surface area contributed by atoms with Gasteiger partial charge in [0.2, 0.25) is 70.9 Å². The van der Waals surface area contributed by atoms with Crippen molar-refractivity contribution < 1.29 is 99.6 Å². The maximum atomic E-state index is 14.9. The second-order valence-electron chi connectivity index (χ2n) is 33.6. The predicted molar refractivity (Wildman–Crippen MR) is 452 cm³/mol. The lowest BCUT2D eigenvalue weighted by molar-refractivity contribution is -0.157. The van der Waals surface area contributed by atoms with E-state index in [2.05, 4.69) is 84.1 Å². The molecule has 2 aromatic carbocycles. The van der Waals surface area contributed by atoms with Gasteiger partial charge in [0.1, 0.15) is 84.0 Å². The van der Waals surface area contributed by atoms with Gasteiger partial charge in [0.15, 0.2) is 0 Å². The molecule has 0 saturated heterocycles. The highest BCUT2D eigenvalue weighted by Gasteiger charge is 2.41. The third-order valence-corrected chi connectivity index (χ3v) is 20.5. The maximum Gasteiger partial charge on any atom is 0.407 e. The molecular formula is C82H128N18O21S. The zero-order valence-electron chi connectivity index (χ0n) is 73.7. The number of terminal acetylenes is 1. The van der Waals surface area contributed by atoms with Crippen molar-refractivity contribution in [1.82, 2.24) is 68.1 Å². The van der Waals surface area contributed by atoms with E-state index >= 15 is 0 Å². The molecule has 0 bridgehead atoms. The summed E-state index contributed by atoms with van der Waals surface area (Å²) in [5.74, 6) is -10.9. The Labute approximate surface area is 714 Å². The SMILES string of the molecule is C#CCN(CC(=O)NCC(=O)O)C(=O)[C@H](C)NC(=O)[C@H](Cc1ccccc1)NC(=O)[C@@H](NC(=O)[C@H](CC(=O)OC(C)(C)C)NC(=O)CNC(=O)[C@H](CCCN=C(N)NS(=O)(=O)c1c(C)c(C)c2c(c1C)CC(C)(C)O2)NC(=O)[C@@H](NC(=O)[C@H](C)NC(=O)[C@H](CCCCNC(=O)OC(C)(C)C)NC(=O)CCCCCN=[N+]=[N-])[C@@H](C)CC)[C@@H](C)OC(C)(C)C. The van der Waals surface area contributed by atoms with Crippen LogP contribution in [-0.4, -0.2) is 230 Å². The number of ether oxygens (including phenoxy) is 4. The number of aliphatic imine (C=N–C) groups is 1. The van der Waals surface area contributed by atoms with Crippen LogP contribution in [0.15, 0.2) is 45.3 Å². The van der Waals surface area contributed by atoms with Crippen LogP contribution in [0.25, 0.3) is 10.4 Å². The van der Waals surface area contributed by atoms with Crippen LogP contribution in [0.5, 0.6) is 5.75 Å². The molecule has 0 fully saturated rings. The molecule has 1 aliphatic rings. The molecule has 15 N–H and O–H groups in total. The number of amides is 12. The Morgan fingerprint density at radius 1 is 0.639 bits per heavy atom. The first-order chi connectivity index (χ1) is 56.7. The minimum atomic E-state index is -4.39. The first-order valence-electron chi connectivity index (χ1n) is 40.7. The molecule has 122 heavy (non-hydrogen) atoms. The van der Waals surface area contributed by atoms with Crippen molar-refractivity contribution in [3.8, 4) is 18.1 Å². The fourth-order valence-electron chi connectivity index (χ4n) is 12.7. The van der Waals surface area contributed by atoms with Gasteiger partial charge >= 0.3 is 18.0 Å². The van der Waals surface area contributed by atoms with E-state index in [0.717, 1.165) is 4.90 Å². The Morgan fingerprint density at radius 2 is 1.22 bits per heavy atom. The lowest BCUT2D eigenvalue weighted by Crippen LogP contribution is -2.62. The summed E-state index contributed by atoms with van der Waals surface area (Å²) in [7, 11) is -4.39. The van der Waals surface area contributed by atoms with Crippen molar-refractivity contribution in [1.29, 1.82) is 0 Å². The van der Waals surface area contributed by atoms with Crippen molar-refractivity contribution in [2.24, 2.45) is 21.8 Å². The summed E-state index contributed by atoms with van der Waals surface area (Å²) >= 11 is 0. The van der Waals surface area contributed by atoms with Crippen LogP contribution in [0.4, 0.5) is 4.79 Å². The molecule has 0 saturated carbocycles. The minimum Gasteiger partial charge on any atom is -0.487 e. The largest absolute Gasteiger partial charge is 0.487 e. The number of azide groups is 1. The number of esters is 1. The highest BCUT2D eigenvalue weighted by molar-refractivity contribution is 7.90. The second kappa shape index (κ2) is 48.9. The van der Waals surface area contributed by atoms with Gasteiger partial charge in [-0.1, -0.05) is 68.1 Å². The number of nitrogens with one attached hydrogen (secondary N) is 12. The molecule has 3 rings (SSSR count). The fourth-order valence-corrected chi connectivity index (χ4v) is 14.2. The van der Waals surface area contributed by atoms with Gasteiger partial charge in [0.25, 0.3) is 10.0 Å². The number of unbranched alkanes of at least 4 members (excludes halogenated alkanes) is 3. The number of aliphatic carboxylic acids is 1. The summed E-state index contributed by atoms with van der Waals surface area (Å²) in [5, 5.41) is 40.6. The predicted octanol–water partition coefficient (Wildman–Crippen LogP) is 3.19. The van der Waals surface area contributed by atoms with Crippen molar-refractivity contribution in [3.63, 3.8) is 0 Å². The van der Waals surface area contributed by atoms with Crippen LogP contribution in [0.3, 0.4) is 0 Å². The van der Waals surface area contributed by atoms with Gasteiger partial charge in [-0.25, -0.2) is 17.9 Å². The average molecular weight is 1730 g/mol. The van der Waals surface area contributed by atoms with Gasteiger partial charge in [-0.2, -0.15) is 0 Å². The normalized spacial score (nSPS) is 14.9. The highest BCUT2D eigenvalue weighted by Crippen LogP contribution is 2.44. The van der Waals surface area contributed by atoms with Gasteiger partial charge in [-0.05, 0) is 196 Å². The lowest BCUT2D eigenvalue weighted by atomic mass is 9.94. The van der Waals surface area contributed by atoms with E-state index in [4.69, 9.17) is 41.7 Å². The van der Waals surface area contributed by atoms with E-state index in [1.807, 2.05) is 13.8 Å². The molecule has 0 aliphatic carbocycles. The number of guanidine groups is 1. The van der Waals surface area contributed by atoms with Crippen molar-refractivity contribution in [2.75, 3.05) is 45.8 Å². The van der Waals surface area contributed by atoms with Crippen molar-refractivity contribution >= 4 is 99.0 Å². The fraction of sp³-hybridized carbons (Fsp3) is 0.646. The molecule has 1 aliphatic heterocycles. The number of rotatable bonds is 48. The monoisotopic (exact) mass is 1730 g/mol. The van der Waals surface area contributed by atoms with Crippen molar-refractivity contribution in [3.05, 3.63) is 68.6 Å². The number of sulfonamides is 1. The van der Waals surface area contributed by atoms with Crippen LogP contribution in [0.2, 0.25) is 0 Å². The van der Waals surface area contributed by atoms with E-state index in [0.29, 0.717) is 72.1 Å². The zero-order chi connectivity index (χ0) is 92.4. The molecule has 0 aromatic heterocycles. The van der Waals surface area contributed by atoms with Crippen LogP contribution < -0.4 is 73.7 Å². The summed E-state index contributed by atoms with van der Waals surface area (Å²) in [6, 6.07) is -3.92. The number of hydrogen-bond donors (Lipinski definition) is 14. The van der Waals surface area contributed by atoms with Gasteiger partial charge in [0.05, 0.1) is 36.1 Å². The molecular weight excluding hydrogens is 1610 g/mol. The molecule has 2 aromatic rings. The second-order valence-corrected chi connectivity index (χ2v) is 35.3. The Balaban J connectivity index is 2.07. The Morgan fingerprint density at radius 3 is 1.83 bits per heavy atom. The van der Waals surface area contributed by atoms with E-state index < -0.39 is 214 Å². The smallest absolute Gasteiger partial charge is 0.407 e. The Hall–Kier alpha value is -11.3. The number of carboxylic acid groups (broad SMARTS) is 1. The molecule has 12 amide bonds. The van der Waals surface area contributed by atoms with E-state index in [1.54, 1.807) is 106 Å². The number of fused-ring (bicyclic) bond motifs is 1. The molecule has 0 unspecified atom stereocenters. The molecule has 10 atom stereocenters. The van der Waals surface area contributed by atoms with Crippen LogP contribution in [0, 0.1) is 39.0 Å². The molecule has 0 radical (unpaired) electrons. The number of alkyl carbamates (subject to hydrolysis) is 1. The minimum absolute atomic E-state index is 0.0127. The van der Waals surface area contributed by atoms with Gasteiger partial charge in [-0.3, -0.25) is 67.3 Å². The third kappa shape index (κ3) is 37.8. The third-order valence-electron chi connectivity index (χ3n) is 18.8. The van der Waals surface area contributed by atoms with Crippen LogP contribution in [0.1, 0.15) is 209 Å². The molecule has 40 heteroatoms. The molecule has 1 heterocycles. The van der Waals surface area contributed by atoms with E-state index in [1.165, 1.54) is 41.5 Å². The van der Waals surface area contributed by atoms with Crippen LogP contribution in [-0.2, 0) is 99.4 Å². The molecule has 0 spiro atoms. The lowest BCUT2D eigenvalue weighted by Gasteiger charge is -2.33. The highest BCUT2D eigenvalue weighted by atomic mass is 32.2. The Bertz CT molecular complexity index is 4260. The van der Waals surface area contributed by atoms with E-state index in [9.17, 15) is 75.5 Å². The summed E-state index contributed by atoms with van der Waals surface area (Å²) in [4.78, 5) is 201. The number of carboxylic acids is 1. The number of carbonyl (C=O) groups is 14. The first kappa shape index (κ1) is 105. The topological polar surface area (TPSA) is 565 Å². The molecule has 39 nitrogen and oxygen atoms in total. The van der Waals surface area contributed by atoms with Gasteiger partial charge < -0.3 is 93.2 Å². The number of hydrogen-bond acceptors (Lipinski definition) is 22. The quantitative estimate of drug-likeness (QED) is 0.00661. The Kier molecular flexibility index (Phi) is 42.1. The molecule has 678 valence electrons. The van der Waals surface area contributed by atoms with E-state index in [-0.39, 0.29) is 63.1 Å². The maximum absolute atomic E-state index is 14.9. The summed E-state index contributed by atoms with van der Waals surface area (Å²) in [6.45, 7) is 28.1. The zero-order valence-corrected chi connectivity index (χ0v) is 74.5. The van der Waals surface area contributed by atoms with Gasteiger partial charge in [-0.15, -0.1) is 6.42 Å². The average Bonchev–Trinajstić information content (AvgIpc) is 1.00. The number of nitrogens with zero attached hydrogens (tertiary/aromatic N) is 5. The summed E-state index contributed by atoms with van der Waals surface area (Å²) < 4.78 is 53.9.